The summed E-state index contributed by atoms with van der Waals surface area (Å²) in [5.41, 5.74) is 1.60. The van der Waals surface area contributed by atoms with Crippen LogP contribution >= 0.6 is 24.0 Å². The predicted molar refractivity (Wildman–Crippen MR) is 119 cm³/mol. The molecule has 0 bridgehead atoms. The molecule has 0 atom stereocenters. The third-order valence-electron chi connectivity index (χ3n) is 3.88. The molecule has 0 unspecified atom stereocenters. The molecule has 0 spiro atoms. The summed E-state index contributed by atoms with van der Waals surface area (Å²) in [7, 11) is -1.76. The highest BCUT2D eigenvalue weighted by molar-refractivity contribution is 14.0. The van der Waals surface area contributed by atoms with Crippen LogP contribution in [0.5, 0.6) is 0 Å². The first kappa shape index (κ1) is 24.8. The number of sulfone groups is 1. The van der Waals surface area contributed by atoms with Crippen LogP contribution in [0, 0.1) is 23.0 Å². The first-order valence-electron chi connectivity index (χ1n) is 8.30. The molecule has 0 radical (unpaired) electrons. The average molecular weight is 534 g/mol. The molecule has 10 heteroatoms. The van der Waals surface area contributed by atoms with Crippen LogP contribution in [0.2, 0.25) is 0 Å². The van der Waals surface area contributed by atoms with Gasteiger partial charge in [0.25, 0.3) is 0 Å². The van der Waals surface area contributed by atoms with Gasteiger partial charge in [-0.05, 0) is 41.5 Å². The van der Waals surface area contributed by atoms with Crippen LogP contribution in [0.25, 0.3) is 0 Å². The number of nitrogens with one attached hydrogen (secondary N) is 2. The fraction of sp³-hybridized carbons (Fsp3) is 0.263. The van der Waals surface area contributed by atoms with Gasteiger partial charge in [0, 0.05) is 32.0 Å². The molecule has 2 rings (SSSR count). The Morgan fingerprint density at radius 2 is 1.72 bits per heavy atom. The lowest BCUT2D eigenvalue weighted by Gasteiger charge is -2.14. The van der Waals surface area contributed by atoms with Crippen molar-refractivity contribution in [2.45, 2.75) is 18.8 Å². The van der Waals surface area contributed by atoms with E-state index in [0.29, 0.717) is 28.2 Å². The van der Waals surface area contributed by atoms with E-state index in [9.17, 15) is 17.2 Å². The summed E-state index contributed by atoms with van der Waals surface area (Å²) in [6, 6.07) is 9.90. The predicted octanol–water partition coefficient (Wildman–Crippen LogP) is 2.86. The molecule has 0 heterocycles. The van der Waals surface area contributed by atoms with Crippen molar-refractivity contribution in [3.63, 3.8) is 0 Å². The quantitative estimate of drug-likeness (QED) is 0.338. The van der Waals surface area contributed by atoms with Gasteiger partial charge in [-0.15, -0.1) is 24.0 Å². The summed E-state index contributed by atoms with van der Waals surface area (Å²) in [5.74, 6) is -0.825. The molecule has 6 nitrogen and oxygen atoms in total. The van der Waals surface area contributed by atoms with E-state index < -0.39 is 21.5 Å². The minimum absolute atomic E-state index is 0. The van der Waals surface area contributed by atoms with Crippen LogP contribution in [0.15, 0.2) is 41.4 Å². The first-order valence-corrected chi connectivity index (χ1v) is 10.4. The monoisotopic (exact) mass is 534 g/mol. The van der Waals surface area contributed by atoms with Crippen molar-refractivity contribution >= 4 is 39.8 Å². The van der Waals surface area contributed by atoms with Crippen molar-refractivity contribution in [1.82, 2.24) is 10.6 Å². The van der Waals surface area contributed by atoms with Crippen molar-refractivity contribution in [3.05, 3.63) is 70.3 Å². The molecule has 0 aliphatic carbocycles. The second kappa shape index (κ2) is 11.1. The molecule has 29 heavy (non-hydrogen) atoms. The molecule has 0 aromatic heterocycles. The summed E-state index contributed by atoms with van der Waals surface area (Å²) in [5, 5.41) is 14.8. The van der Waals surface area contributed by atoms with E-state index in [4.69, 9.17) is 5.26 Å². The standard InChI is InChI=1S/C19H20F2N4O2S.HI/c1-23-19(25-11-16-7-13(9-22)3-6-18(16)21)24-10-15-8-17(20)5-4-14(15)12-28(2,26)27;/h3-8H,10-12H2,1-2H3,(H2,23,24,25);1H. The molecule has 0 saturated heterocycles. The van der Waals surface area contributed by atoms with Gasteiger partial charge >= 0.3 is 0 Å². The van der Waals surface area contributed by atoms with Gasteiger partial charge in [-0.1, -0.05) is 6.07 Å². The molecule has 156 valence electrons. The number of guanidine groups is 1. The largest absolute Gasteiger partial charge is 0.352 e. The Hall–Kier alpha value is -2.26. The molecule has 0 aliphatic rings. The summed E-state index contributed by atoms with van der Waals surface area (Å²) in [6.07, 6.45) is 1.11. The van der Waals surface area contributed by atoms with Gasteiger partial charge in [0.15, 0.2) is 15.8 Å². The SMILES string of the molecule is CN=C(NCc1cc(C#N)ccc1F)NCc1cc(F)ccc1CS(C)(=O)=O.I. The third kappa shape index (κ3) is 7.94. The fourth-order valence-electron chi connectivity index (χ4n) is 2.54. The fourth-order valence-corrected chi connectivity index (χ4v) is 3.39. The Morgan fingerprint density at radius 3 is 2.31 bits per heavy atom. The number of aliphatic imine (C=N–C) groups is 1. The van der Waals surface area contributed by atoms with Crippen molar-refractivity contribution in [2.75, 3.05) is 13.3 Å². The highest BCUT2D eigenvalue weighted by atomic mass is 127. The lowest BCUT2D eigenvalue weighted by Crippen LogP contribution is -2.36. The van der Waals surface area contributed by atoms with E-state index in [1.807, 2.05) is 6.07 Å². The maximum absolute atomic E-state index is 13.9. The van der Waals surface area contributed by atoms with Gasteiger partial charge < -0.3 is 10.6 Å². The Balaban J connectivity index is 0.00000420. The molecule has 0 fully saturated rings. The van der Waals surface area contributed by atoms with Crippen LogP contribution < -0.4 is 10.6 Å². The van der Waals surface area contributed by atoms with Crippen molar-refractivity contribution < 1.29 is 17.2 Å². The normalized spacial score (nSPS) is 11.3. The Bertz CT molecular complexity index is 1040. The number of rotatable bonds is 6. The zero-order valence-corrected chi connectivity index (χ0v) is 19.0. The smallest absolute Gasteiger partial charge is 0.191 e. The van der Waals surface area contributed by atoms with Gasteiger partial charge in [-0.25, -0.2) is 17.2 Å². The zero-order chi connectivity index (χ0) is 20.7. The van der Waals surface area contributed by atoms with Crippen LogP contribution in [0.1, 0.15) is 22.3 Å². The molecular weight excluding hydrogens is 513 g/mol. The topological polar surface area (TPSA) is 94.3 Å². The minimum atomic E-state index is -3.28. The van der Waals surface area contributed by atoms with E-state index in [0.717, 1.165) is 6.26 Å². The number of benzene rings is 2. The van der Waals surface area contributed by atoms with E-state index in [1.54, 1.807) is 0 Å². The maximum Gasteiger partial charge on any atom is 0.191 e. The van der Waals surface area contributed by atoms with Crippen LogP contribution in [-0.2, 0) is 28.7 Å². The summed E-state index contributed by atoms with van der Waals surface area (Å²) < 4.78 is 50.6. The number of hydrogen-bond acceptors (Lipinski definition) is 4. The molecule has 0 aliphatic heterocycles. The molecule has 2 aromatic rings. The number of nitrogens with zero attached hydrogens (tertiary/aromatic N) is 2. The van der Waals surface area contributed by atoms with Crippen LogP contribution in [-0.4, -0.2) is 27.7 Å². The van der Waals surface area contributed by atoms with Gasteiger partial charge in [0.1, 0.15) is 11.6 Å². The third-order valence-corrected chi connectivity index (χ3v) is 4.71. The van der Waals surface area contributed by atoms with Gasteiger partial charge in [-0.2, -0.15) is 5.26 Å². The van der Waals surface area contributed by atoms with E-state index >= 15 is 0 Å². The molecule has 0 saturated carbocycles. The second-order valence-corrected chi connectivity index (χ2v) is 8.32. The highest BCUT2D eigenvalue weighted by Crippen LogP contribution is 2.14. The van der Waals surface area contributed by atoms with Gasteiger partial charge in [0.2, 0.25) is 0 Å². The molecular formula is C19H21F2IN4O2S. The zero-order valence-electron chi connectivity index (χ0n) is 15.9. The Labute approximate surface area is 186 Å². The van der Waals surface area contributed by atoms with Crippen LogP contribution in [0.4, 0.5) is 8.78 Å². The lowest BCUT2D eigenvalue weighted by molar-refractivity contribution is 0.599. The number of hydrogen-bond donors (Lipinski definition) is 2. The Morgan fingerprint density at radius 1 is 1.07 bits per heavy atom. The van der Waals surface area contributed by atoms with E-state index in [2.05, 4.69) is 15.6 Å². The van der Waals surface area contributed by atoms with Crippen LogP contribution in [0.3, 0.4) is 0 Å². The van der Waals surface area contributed by atoms with Gasteiger partial charge in [0.05, 0.1) is 17.4 Å². The lowest BCUT2D eigenvalue weighted by atomic mass is 10.1. The van der Waals surface area contributed by atoms with E-state index in [-0.39, 0.29) is 42.8 Å². The maximum atomic E-state index is 13.9. The van der Waals surface area contributed by atoms with Crippen molar-refractivity contribution in [1.29, 1.82) is 5.26 Å². The minimum Gasteiger partial charge on any atom is -0.352 e. The molecule has 0 amide bonds. The Kier molecular flexibility index (Phi) is 9.45. The number of halogens is 3. The summed E-state index contributed by atoms with van der Waals surface area (Å²) in [6.45, 7) is 0.212. The van der Waals surface area contributed by atoms with E-state index in [1.165, 1.54) is 43.4 Å². The number of nitriles is 1. The molecule has 2 N–H and O–H groups in total. The summed E-state index contributed by atoms with van der Waals surface area (Å²) in [4.78, 5) is 4.01. The first-order chi connectivity index (χ1) is 13.2. The second-order valence-electron chi connectivity index (χ2n) is 6.18. The average Bonchev–Trinajstić information content (AvgIpc) is 2.64. The highest BCUT2D eigenvalue weighted by Gasteiger charge is 2.11. The summed E-state index contributed by atoms with van der Waals surface area (Å²) >= 11 is 0. The van der Waals surface area contributed by atoms with Crippen molar-refractivity contribution in [2.24, 2.45) is 4.99 Å². The van der Waals surface area contributed by atoms with Gasteiger partial charge in [-0.3, -0.25) is 4.99 Å². The molecule has 2 aromatic carbocycles. The van der Waals surface area contributed by atoms with Crippen molar-refractivity contribution in [3.8, 4) is 6.07 Å².